The van der Waals surface area contributed by atoms with Crippen LogP contribution in [0.3, 0.4) is 0 Å². The first-order valence-electron chi connectivity index (χ1n) is 6.42. The van der Waals surface area contributed by atoms with Crippen LogP contribution in [0, 0.1) is 5.92 Å². The molecule has 1 heterocycles. The number of rotatable bonds is 4. The third kappa shape index (κ3) is 3.05. The molecule has 1 aromatic carbocycles. The number of nitrogens with zero attached hydrogens (tertiary/aromatic N) is 2. The molecule has 5 heteroatoms. The number of cyclic esters (lactones) is 1. The van der Waals surface area contributed by atoms with Gasteiger partial charge in [-0.2, -0.15) is 0 Å². The molecule has 0 atom stereocenters. The van der Waals surface area contributed by atoms with E-state index in [0.29, 0.717) is 25.3 Å². The summed E-state index contributed by atoms with van der Waals surface area (Å²) in [5.41, 5.74) is 0.687. The molecule has 0 N–H and O–H groups in total. The highest BCUT2D eigenvalue weighted by atomic mass is 16.6. The van der Waals surface area contributed by atoms with Crippen molar-refractivity contribution in [3.63, 3.8) is 0 Å². The molecule has 0 spiro atoms. The first kappa shape index (κ1) is 13.4. The second-order valence-corrected chi connectivity index (χ2v) is 4.88. The highest BCUT2D eigenvalue weighted by molar-refractivity contribution is 5.95. The monoisotopic (exact) mass is 262 g/mol. The SMILES string of the molecule is CC(C)CC(=O)N(c1ccccc1)N1CCOC1=O. The molecular formula is C14H18N2O3. The van der Waals surface area contributed by atoms with Crippen LogP contribution in [0.25, 0.3) is 0 Å². The van der Waals surface area contributed by atoms with Gasteiger partial charge in [0.2, 0.25) is 5.91 Å². The topological polar surface area (TPSA) is 49.9 Å². The maximum absolute atomic E-state index is 12.4. The van der Waals surface area contributed by atoms with Crippen LogP contribution in [-0.4, -0.2) is 30.2 Å². The zero-order valence-electron chi connectivity index (χ0n) is 11.2. The van der Waals surface area contributed by atoms with E-state index >= 15 is 0 Å². The second-order valence-electron chi connectivity index (χ2n) is 4.88. The molecule has 1 saturated heterocycles. The van der Waals surface area contributed by atoms with Gasteiger partial charge in [-0.15, -0.1) is 0 Å². The Morgan fingerprint density at radius 3 is 2.58 bits per heavy atom. The largest absolute Gasteiger partial charge is 0.446 e. The smallest absolute Gasteiger partial charge is 0.429 e. The fourth-order valence-corrected chi connectivity index (χ4v) is 1.99. The summed E-state index contributed by atoms with van der Waals surface area (Å²) in [6.45, 7) is 4.67. The summed E-state index contributed by atoms with van der Waals surface area (Å²) in [5, 5.41) is 2.79. The highest BCUT2D eigenvalue weighted by Gasteiger charge is 2.32. The van der Waals surface area contributed by atoms with Gasteiger partial charge in [0.15, 0.2) is 0 Å². The van der Waals surface area contributed by atoms with E-state index in [-0.39, 0.29) is 11.8 Å². The minimum Gasteiger partial charge on any atom is -0.446 e. The number of carbonyl (C=O) groups excluding carboxylic acids is 2. The van der Waals surface area contributed by atoms with Crippen molar-refractivity contribution >= 4 is 17.7 Å². The van der Waals surface area contributed by atoms with Crippen molar-refractivity contribution in [1.82, 2.24) is 5.01 Å². The van der Waals surface area contributed by atoms with Gasteiger partial charge in [0.05, 0.1) is 12.2 Å². The van der Waals surface area contributed by atoms with E-state index in [1.165, 1.54) is 10.0 Å². The molecule has 0 bridgehead atoms. The number of ether oxygens (including phenoxy) is 1. The molecule has 0 aliphatic carbocycles. The average molecular weight is 262 g/mol. The minimum absolute atomic E-state index is 0.0972. The van der Waals surface area contributed by atoms with Crippen LogP contribution in [0.4, 0.5) is 10.5 Å². The number of hydrogen-bond donors (Lipinski definition) is 0. The van der Waals surface area contributed by atoms with Gasteiger partial charge in [0, 0.05) is 6.42 Å². The Balaban J connectivity index is 2.28. The summed E-state index contributed by atoms with van der Waals surface area (Å²) in [6.07, 6.45) is -0.0838. The Hall–Kier alpha value is -2.04. The lowest BCUT2D eigenvalue weighted by molar-refractivity contribution is -0.121. The van der Waals surface area contributed by atoms with E-state index in [4.69, 9.17) is 4.74 Å². The van der Waals surface area contributed by atoms with Gasteiger partial charge >= 0.3 is 6.09 Å². The molecular weight excluding hydrogens is 244 g/mol. The summed E-state index contributed by atoms with van der Waals surface area (Å²) in [7, 11) is 0. The number of benzene rings is 1. The second kappa shape index (κ2) is 5.73. The lowest BCUT2D eigenvalue weighted by Gasteiger charge is -2.30. The van der Waals surface area contributed by atoms with Crippen LogP contribution in [0.5, 0.6) is 0 Å². The Kier molecular flexibility index (Phi) is 4.04. The standard InChI is InChI=1S/C14H18N2O3/c1-11(2)10-13(17)16(12-6-4-3-5-7-12)15-8-9-19-14(15)18/h3-7,11H,8-10H2,1-2H3. The van der Waals surface area contributed by atoms with Crippen molar-refractivity contribution in [3.05, 3.63) is 30.3 Å². The fourth-order valence-electron chi connectivity index (χ4n) is 1.99. The third-order valence-electron chi connectivity index (χ3n) is 2.80. The Morgan fingerprint density at radius 1 is 1.37 bits per heavy atom. The molecule has 102 valence electrons. The Bertz CT molecular complexity index is 459. The molecule has 0 saturated carbocycles. The van der Waals surface area contributed by atoms with Crippen LogP contribution >= 0.6 is 0 Å². The van der Waals surface area contributed by atoms with Gasteiger partial charge in [-0.3, -0.25) is 4.79 Å². The lowest BCUT2D eigenvalue weighted by atomic mass is 10.1. The van der Waals surface area contributed by atoms with Gasteiger partial charge in [-0.05, 0) is 18.1 Å². The van der Waals surface area contributed by atoms with Crippen molar-refractivity contribution in [2.75, 3.05) is 18.2 Å². The van der Waals surface area contributed by atoms with E-state index < -0.39 is 6.09 Å². The van der Waals surface area contributed by atoms with E-state index in [1.807, 2.05) is 44.2 Å². The van der Waals surface area contributed by atoms with E-state index in [1.54, 1.807) is 0 Å². The van der Waals surface area contributed by atoms with Crippen LogP contribution in [0.15, 0.2) is 30.3 Å². The molecule has 5 nitrogen and oxygen atoms in total. The quantitative estimate of drug-likeness (QED) is 0.837. The fraction of sp³-hybridized carbons (Fsp3) is 0.429. The molecule has 19 heavy (non-hydrogen) atoms. The minimum atomic E-state index is -0.471. The highest BCUT2D eigenvalue weighted by Crippen LogP contribution is 2.21. The van der Waals surface area contributed by atoms with Gasteiger partial charge in [-0.1, -0.05) is 32.0 Å². The van der Waals surface area contributed by atoms with Gasteiger partial charge in [0.1, 0.15) is 6.61 Å². The Labute approximate surface area is 112 Å². The summed E-state index contributed by atoms with van der Waals surface area (Å²) in [4.78, 5) is 24.1. The Morgan fingerprint density at radius 2 is 2.05 bits per heavy atom. The molecule has 1 aliphatic heterocycles. The van der Waals surface area contributed by atoms with Crippen LogP contribution in [0.1, 0.15) is 20.3 Å². The zero-order chi connectivity index (χ0) is 13.8. The first-order chi connectivity index (χ1) is 9.09. The lowest BCUT2D eigenvalue weighted by Crippen LogP contribution is -2.47. The number of amides is 2. The maximum Gasteiger partial charge on any atom is 0.429 e. The average Bonchev–Trinajstić information content (AvgIpc) is 2.76. The zero-order valence-corrected chi connectivity index (χ0v) is 11.2. The molecule has 1 aromatic rings. The summed E-state index contributed by atoms with van der Waals surface area (Å²) in [5.74, 6) is 0.136. The van der Waals surface area contributed by atoms with Crippen molar-refractivity contribution in [2.24, 2.45) is 5.92 Å². The molecule has 1 fully saturated rings. The van der Waals surface area contributed by atoms with E-state index in [9.17, 15) is 9.59 Å². The van der Waals surface area contributed by atoms with Gasteiger partial charge in [0.25, 0.3) is 0 Å². The van der Waals surface area contributed by atoms with Crippen molar-refractivity contribution in [1.29, 1.82) is 0 Å². The summed E-state index contributed by atoms with van der Waals surface area (Å²) >= 11 is 0. The van der Waals surface area contributed by atoms with E-state index in [2.05, 4.69) is 0 Å². The molecule has 0 aromatic heterocycles. The molecule has 0 unspecified atom stereocenters. The number of carbonyl (C=O) groups is 2. The number of hydrogen-bond acceptors (Lipinski definition) is 3. The predicted octanol–water partition coefficient (Wildman–Crippen LogP) is 2.43. The van der Waals surface area contributed by atoms with Crippen molar-refractivity contribution in [2.45, 2.75) is 20.3 Å². The van der Waals surface area contributed by atoms with Crippen LogP contribution in [0.2, 0.25) is 0 Å². The summed E-state index contributed by atoms with van der Waals surface area (Å²) < 4.78 is 4.92. The predicted molar refractivity (Wildman–Crippen MR) is 71.4 cm³/mol. The van der Waals surface area contributed by atoms with Crippen molar-refractivity contribution < 1.29 is 14.3 Å². The summed E-state index contributed by atoms with van der Waals surface area (Å²) in [6, 6.07) is 9.17. The van der Waals surface area contributed by atoms with E-state index in [0.717, 1.165) is 0 Å². The maximum atomic E-state index is 12.4. The van der Waals surface area contributed by atoms with Crippen LogP contribution < -0.4 is 5.01 Å². The molecule has 2 rings (SSSR count). The normalized spacial score (nSPS) is 14.7. The third-order valence-corrected chi connectivity index (χ3v) is 2.80. The molecule has 1 aliphatic rings. The van der Waals surface area contributed by atoms with Crippen LogP contribution in [-0.2, 0) is 9.53 Å². The van der Waals surface area contributed by atoms with Gasteiger partial charge < -0.3 is 4.74 Å². The molecule has 2 amide bonds. The number of hydrazine groups is 1. The van der Waals surface area contributed by atoms with Crippen molar-refractivity contribution in [3.8, 4) is 0 Å². The number of para-hydroxylation sites is 1. The number of anilines is 1. The van der Waals surface area contributed by atoms with Gasteiger partial charge in [-0.25, -0.2) is 14.8 Å². The first-order valence-corrected chi connectivity index (χ1v) is 6.42. The molecule has 0 radical (unpaired) electrons.